The van der Waals surface area contributed by atoms with Crippen LogP contribution in [0.1, 0.15) is 60.3 Å². The minimum Gasteiger partial charge on any atom is -0.458 e. The zero-order valence-electron chi connectivity index (χ0n) is 14.0. The normalized spacial score (nSPS) is 12.7. The second kappa shape index (κ2) is 9.99. The van der Waals surface area contributed by atoms with E-state index in [1.54, 1.807) is 6.92 Å². The van der Waals surface area contributed by atoms with Crippen LogP contribution >= 0.6 is 0 Å². The summed E-state index contributed by atoms with van der Waals surface area (Å²) in [6, 6.07) is 2.00. The van der Waals surface area contributed by atoms with Gasteiger partial charge in [0.2, 0.25) is 0 Å². The van der Waals surface area contributed by atoms with Gasteiger partial charge in [-0.05, 0) is 44.3 Å². The van der Waals surface area contributed by atoms with Gasteiger partial charge in [0.25, 0.3) is 0 Å². The Morgan fingerprint density at radius 3 is 2.24 bits per heavy atom. The maximum absolute atomic E-state index is 12.3. The van der Waals surface area contributed by atoms with Crippen LogP contribution in [-0.4, -0.2) is 12.1 Å². The lowest BCUT2D eigenvalue weighted by Gasteiger charge is -2.16. The molecule has 0 aromatic carbocycles. The Bertz CT molecular complexity index is 474. The maximum Gasteiger partial charge on any atom is 0.349 e. The second-order valence-corrected chi connectivity index (χ2v) is 5.16. The minimum absolute atomic E-state index is 0.0549. The predicted octanol–water partition coefficient (Wildman–Crippen LogP) is 4.86. The molecule has 116 valence electrons. The van der Waals surface area contributed by atoms with Crippen LogP contribution in [0.4, 0.5) is 0 Å². The van der Waals surface area contributed by atoms with Crippen molar-refractivity contribution in [1.29, 1.82) is 5.26 Å². The molecule has 3 nitrogen and oxygen atoms in total. The number of rotatable bonds is 8. The van der Waals surface area contributed by atoms with Gasteiger partial charge in [0.05, 0.1) is 0 Å². The molecule has 3 heteroatoms. The second-order valence-electron chi connectivity index (χ2n) is 5.16. The molecular weight excluding hydrogens is 262 g/mol. The fourth-order valence-electron chi connectivity index (χ4n) is 2.08. The molecular formula is C18H27NO2. The molecule has 0 atom stereocenters. The summed E-state index contributed by atoms with van der Waals surface area (Å²) in [4.78, 5) is 12.3. The van der Waals surface area contributed by atoms with Crippen LogP contribution in [-0.2, 0) is 9.53 Å². The van der Waals surface area contributed by atoms with Crippen molar-refractivity contribution in [2.45, 2.75) is 66.4 Å². The van der Waals surface area contributed by atoms with Crippen molar-refractivity contribution in [3.8, 4) is 6.07 Å². The van der Waals surface area contributed by atoms with Crippen molar-refractivity contribution >= 4 is 5.97 Å². The summed E-state index contributed by atoms with van der Waals surface area (Å²) in [6.07, 6.45) is 5.30. The molecule has 0 saturated heterocycles. The summed E-state index contributed by atoms with van der Waals surface area (Å²) >= 11 is 0. The average molecular weight is 289 g/mol. The van der Waals surface area contributed by atoms with Crippen molar-refractivity contribution in [3.63, 3.8) is 0 Å². The van der Waals surface area contributed by atoms with E-state index < -0.39 is 5.97 Å². The van der Waals surface area contributed by atoms with Gasteiger partial charge in [-0.1, -0.05) is 39.8 Å². The molecule has 0 saturated carbocycles. The van der Waals surface area contributed by atoms with Gasteiger partial charge in [-0.2, -0.15) is 5.26 Å². The van der Waals surface area contributed by atoms with Crippen LogP contribution in [0.15, 0.2) is 34.9 Å². The quantitative estimate of drug-likeness (QED) is 0.277. The summed E-state index contributed by atoms with van der Waals surface area (Å²) in [5.74, 6) is -0.548. The van der Waals surface area contributed by atoms with Gasteiger partial charge in [0.15, 0.2) is 0 Å². The Kier molecular flexibility index (Phi) is 9.12. The summed E-state index contributed by atoms with van der Waals surface area (Å²) in [5.41, 5.74) is 2.28. The number of allylic oxidation sites excluding steroid dienone is 4. The number of hydrogen-bond acceptors (Lipinski definition) is 3. The Labute approximate surface area is 129 Å². The number of nitriles is 1. The van der Waals surface area contributed by atoms with Gasteiger partial charge in [-0.25, -0.2) is 4.79 Å². The monoisotopic (exact) mass is 289 g/mol. The van der Waals surface area contributed by atoms with E-state index in [-0.39, 0.29) is 11.7 Å². The van der Waals surface area contributed by atoms with E-state index in [4.69, 9.17) is 4.74 Å². The van der Waals surface area contributed by atoms with Gasteiger partial charge < -0.3 is 4.74 Å². The number of unbranched alkanes of at least 4 members (excludes halogenated alkanes) is 1. The molecule has 0 unspecified atom stereocenters. The molecule has 0 aliphatic rings. The Morgan fingerprint density at radius 1 is 1.29 bits per heavy atom. The molecule has 0 amide bonds. The van der Waals surface area contributed by atoms with E-state index in [1.807, 2.05) is 32.9 Å². The van der Waals surface area contributed by atoms with Gasteiger partial charge in [-0.15, -0.1) is 0 Å². The zero-order chi connectivity index (χ0) is 16.4. The Morgan fingerprint density at radius 2 is 1.86 bits per heavy atom. The van der Waals surface area contributed by atoms with Gasteiger partial charge in [0.1, 0.15) is 17.7 Å². The lowest BCUT2D eigenvalue weighted by Crippen LogP contribution is -2.19. The predicted molar refractivity (Wildman–Crippen MR) is 86.6 cm³/mol. The van der Waals surface area contributed by atoms with Crippen LogP contribution in [0, 0.1) is 11.3 Å². The first kappa shape index (κ1) is 19.2. The SMILES string of the molecule is C=C(C)C(=C(\C#N)C(=O)OC(CC)CC)/C(C)=C/CCC. The number of nitrogens with zero attached hydrogens (tertiary/aromatic N) is 1. The standard InChI is InChI=1S/C18H27NO2/c1-7-10-11-14(6)17(13(4)5)16(12-19)18(20)21-15(8-2)9-3/h11,15H,4,7-10H2,1-3,5-6H3/b14-11+,17-16-. The molecule has 0 aromatic heterocycles. The van der Waals surface area contributed by atoms with E-state index in [9.17, 15) is 10.1 Å². The third-order valence-electron chi connectivity index (χ3n) is 3.31. The average Bonchev–Trinajstić information content (AvgIpc) is 2.46. The van der Waals surface area contributed by atoms with E-state index in [1.165, 1.54) is 0 Å². The number of carbonyl (C=O) groups is 1. The first-order chi connectivity index (χ1) is 9.92. The van der Waals surface area contributed by atoms with Gasteiger partial charge >= 0.3 is 5.97 Å². The number of carbonyl (C=O) groups excluding carboxylic acids is 1. The van der Waals surface area contributed by atoms with Crippen molar-refractivity contribution in [1.82, 2.24) is 0 Å². The lowest BCUT2D eigenvalue weighted by atomic mass is 9.95. The smallest absolute Gasteiger partial charge is 0.349 e. The summed E-state index contributed by atoms with van der Waals surface area (Å²) < 4.78 is 5.40. The van der Waals surface area contributed by atoms with Crippen molar-refractivity contribution < 1.29 is 9.53 Å². The highest BCUT2D eigenvalue weighted by Gasteiger charge is 2.21. The highest BCUT2D eigenvalue weighted by molar-refractivity contribution is 5.95. The van der Waals surface area contributed by atoms with Gasteiger partial charge in [0, 0.05) is 5.57 Å². The number of hydrogen-bond donors (Lipinski definition) is 0. The van der Waals surface area contributed by atoms with Crippen LogP contribution in [0.3, 0.4) is 0 Å². The molecule has 0 aliphatic carbocycles. The first-order valence-electron chi connectivity index (χ1n) is 7.61. The molecule has 0 aromatic rings. The Hall–Kier alpha value is -1.82. The van der Waals surface area contributed by atoms with Crippen LogP contribution in [0.25, 0.3) is 0 Å². The maximum atomic E-state index is 12.3. The molecule has 0 aliphatic heterocycles. The van der Waals surface area contributed by atoms with Crippen molar-refractivity contribution in [3.05, 3.63) is 34.9 Å². The topological polar surface area (TPSA) is 50.1 Å². The molecule has 0 bridgehead atoms. The van der Waals surface area contributed by atoms with Crippen LogP contribution < -0.4 is 0 Å². The summed E-state index contributed by atoms with van der Waals surface area (Å²) in [6.45, 7) is 13.6. The molecule has 0 rings (SSSR count). The molecule has 0 spiro atoms. The highest BCUT2D eigenvalue weighted by atomic mass is 16.5. The zero-order valence-corrected chi connectivity index (χ0v) is 14.0. The molecule has 0 heterocycles. The van der Waals surface area contributed by atoms with Crippen molar-refractivity contribution in [2.24, 2.45) is 0 Å². The fraction of sp³-hybridized carbons (Fsp3) is 0.556. The molecule has 0 fully saturated rings. The first-order valence-corrected chi connectivity index (χ1v) is 7.61. The third kappa shape index (κ3) is 5.99. The fourth-order valence-corrected chi connectivity index (χ4v) is 2.08. The largest absolute Gasteiger partial charge is 0.458 e. The van der Waals surface area contributed by atoms with E-state index in [0.29, 0.717) is 11.1 Å². The van der Waals surface area contributed by atoms with Crippen LogP contribution in [0.5, 0.6) is 0 Å². The Balaban J connectivity index is 5.61. The number of esters is 1. The summed E-state index contributed by atoms with van der Waals surface area (Å²) in [7, 11) is 0. The van der Waals surface area contributed by atoms with Gasteiger partial charge in [-0.3, -0.25) is 0 Å². The van der Waals surface area contributed by atoms with Crippen LogP contribution in [0.2, 0.25) is 0 Å². The molecule has 21 heavy (non-hydrogen) atoms. The third-order valence-corrected chi connectivity index (χ3v) is 3.31. The van der Waals surface area contributed by atoms with E-state index >= 15 is 0 Å². The number of ether oxygens (including phenoxy) is 1. The summed E-state index contributed by atoms with van der Waals surface area (Å²) in [5, 5.41) is 9.37. The highest BCUT2D eigenvalue weighted by Crippen LogP contribution is 2.24. The molecule has 0 N–H and O–H groups in total. The van der Waals surface area contributed by atoms with Crippen molar-refractivity contribution in [2.75, 3.05) is 0 Å². The molecule has 0 radical (unpaired) electrons. The van der Waals surface area contributed by atoms with E-state index in [0.717, 1.165) is 31.3 Å². The minimum atomic E-state index is -0.548. The lowest BCUT2D eigenvalue weighted by molar-refractivity contribution is -0.144. The van der Waals surface area contributed by atoms with E-state index in [2.05, 4.69) is 13.5 Å².